The van der Waals surface area contributed by atoms with Gasteiger partial charge in [-0.1, -0.05) is 18.2 Å². The van der Waals surface area contributed by atoms with Crippen molar-refractivity contribution in [3.05, 3.63) is 35.1 Å². The molecular formula is C10H14N2. The van der Waals surface area contributed by atoms with Crippen LogP contribution in [0.5, 0.6) is 0 Å². The van der Waals surface area contributed by atoms with E-state index in [2.05, 4.69) is 30.2 Å². The Morgan fingerprint density at radius 3 is 3.08 bits per heavy atom. The van der Waals surface area contributed by atoms with Gasteiger partial charge in [-0.15, -0.1) is 0 Å². The van der Waals surface area contributed by atoms with Crippen LogP contribution in [0.25, 0.3) is 0 Å². The van der Waals surface area contributed by atoms with Gasteiger partial charge in [-0.05, 0) is 24.6 Å². The minimum atomic E-state index is 0.917. The summed E-state index contributed by atoms with van der Waals surface area (Å²) in [5, 5.41) is 0. The number of likely N-dealkylation sites (N-methyl/N-ethyl adjacent to an activating group) is 1. The van der Waals surface area contributed by atoms with Crippen LogP contribution in [0, 0.1) is 0 Å². The van der Waals surface area contributed by atoms with E-state index in [1.807, 2.05) is 0 Å². The molecule has 0 atom stereocenters. The zero-order valence-electron chi connectivity index (χ0n) is 7.38. The van der Waals surface area contributed by atoms with E-state index in [0.29, 0.717) is 0 Å². The van der Waals surface area contributed by atoms with Gasteiger partial charge < -0.3 is 5.73 Å². The highest BCUT2D eigenvalue weighted by Gasteiger charge is 2.18. The van der Waals surface area contributed by atoms with Gasteiger partial charge in [-0.2, -0.15) is 0 Å². The third kappa shape index (κ3) is 1.18. The Bertz CT molecular complexity index is 284. The Balaban J connectivity index is 2.37. The molecule has 1 aliphatic heterocycles. The molecule has 0 aromatic heterocycles. The van der Waals surface area contributed by atoms with Gasteiger partial charge in [0, 0.05) is 18.8 Å². The molecule has 0 fully saturated rings. The van der Waals surface area contributed by atoms with Gasteiger partial charge in [0.25, 0.3) is 0 Å². The predicted octanol–water partition coefficient (Wildman–Crippen LogP) is 1.03. The fraction of sp³-hybridized carbons (Fsp3) is 0.400. The molecule has 0 spiro atoms. The lowest BCUT2D eigenvalue weighted by atomic mass is 9.93. The van der Waals surface area contributed by atoms with Crippen LogP contribution in [0.2, 0.25) is 0 Å². The molecule has 2 nitrogen and oxygen atoms in total. The van der Waals surface area contributed by atoms with Gasteiger partial charge in [0.2, 0.25) is 0 Å². The maximum Gasteiger partial charge on any atom is 0.0383 e. The van der Waals surface area contributed by atoms with Gasteiger partial charge in [0.05, 0.1) is 0 Å². The first-order valence-electron chi connectivity index (χ1n) is 4.29. The summed E-state index contributed by atoms with van der Waals surface area (Å²) in [6, 6.07) is 0. The zero-order valence-corrected chi connectivity index (χ0v) is 7.38. The molecule has 0 aromatic carbocycles. The topological polar surface area (TPSA) is 29.3 Å². The molecule has 2 aliphatic rings. The number of fused-ring (bicyclic) bond motifs is 1. The Labute approximate surface area is 73.0 Å². The highest BCUT2D eigenvalue weighted by atomic mass is 15.1. The lowest BCUT2D eigenvalue weighted by molar-refractivity contribution is 0.379. The van der Waals surface area contributed by atoms with E-state index >= 15 is 0 Å². The molecule has 64 valence electrons. The summed E-state index contributed by atoms with van der Waals surface area (Å²) in [7, 11) is 2.10. The van der Waals surface area contributed by atoms with Crippen LogP contribution < -0.4 is 5.73 Å². The van der Waals surface area contributed by atoms with Gasteiger partial charge in [-0.25, -0.2) is 0 Å². The SMILES string of the molecule is CN1CC2=CC=CCC2=C(N)C1. The van der Waals surface area contributed by atoms with Crippen LogP contribution in [0.1, 0.15) is 6.42 Å². The maximum absolute atomic E-state index is 5.94. The van der Waals surface area contributed by atoms with Crippen LogP contribution in [-0.2, 0) is 0 Å². The standard InChI is InChI=1S/C10H14N2/c1-12-6-8-4-2-3-5-9(8)10(11)7-12/h2-4H,5-7,11H2,1H3. The summed E-state index contributed by atoms with van der Waals surface area (Å²) >= 11 is 0. The predicted molar refractivity (Wildman–Crippen MR) is 50.6 cm³/mol. The molecule has 12 heavy (non-hydrogen) atoms. The summed E-state index contributed by atoms with van der Waals surface area (Å²) in [6.07, 6.45) is 7.47. The van der Waals surface area contributed by atoms with Crippen molar-refractivity contribution in [2.75, 3.05) is 20.1 Å². The first kappa shape index (κ1) is 7.62. The number of hydrogen-bond acceptors (Lipinski definition) is 2. The van der Waals surface area contributed by atoms with Crippen molar-refractivity contribution in [2.24, 2.45) is 5.73 Å². The average Bonchev–Trinajstić information content (AvgIpc) is 2.04. The van der Waals surface area contributed by atoms with Crippen molar-refractivity contribution in [1.29, 1.82) is 0 Å². The fourth-order valence-electron chi connectivity index (χ4n) is 1.82. The lowest BCUT2D eigenvalue weighted by Gasteiger charge is -2.28. The van der Waals surface area contributed by atoms with Crippen LogP contribution in [0.3, 0.4) is 0 Å². The summed E-state index contributed by atoms with van der Waals surface area (Å²) in [5.74, 6) is 0. The smallest absolute Gasteiger partial charge is 0.0383 e. The van der Waals surface area contributed by atoms with E-state index in [4.69, 9.17) is 5.73 Å². The number of rotatable bonds is 0. The average molecular weight is 162 g/mol. The molecule has 2 rings (SSSR count). The van der Waals surface area contributed by atoms with Crippen LogP contribution in [0.15, 0.2) is 35.1 Å². The second kappa shape index (κ2) is 2.79. The third-order valence-electron chi connectivity index (χ3n) is 2.41. The number of nitrogens with zero attached hydrogens (tertiary/aromatic N) is 1. The molecule has 1 aliphatic carbocycles. The zero-order chi connectivity index (χ0) is 8.55. The summed E-state index contributed by atoms with van der Waals surface area (Å²) in [6.45, 7) is 1.96. The van der Waals surface area contributed by atoms with Gasteiger partial charge in [-0.3, -0.25) is 4.90 Å². The number of nitrogens with two attached hydrogens (primary N) is 1. The van der Waals surface area contributed by atoms with Crippen molar-refractivity contribution in [3.8, 4) is 0 Å². The largest absolute Gasteiger partial charge is 0.401 e. The molecule has 1 heterocycles. The molecule has 0 aromatic rings. The van der Waals surface area contributed by atoms with Crippen LogP contribution >= 0.6 is 0 Å². The monoisotopic (exact) mass is 162 g/mol. The molecule has 0 radical (unpaired) electrons. The molecule has 0 bridgehead atoms. The van der Waals surface area contributed by atoms with Crippen LogP contribution in [-0.4, -0.2) is 25.0 Å². The van der Waals surface area contributed by atoms with E-state index in [-0.39, 0.29) is 0 Å². The molecule has 2 N–H and O–H groups in total. The van der Waals surface area contributed by atoms with Crippen LogP contribution in [0.4, 0.5) is 0 Å². The molecule has 0 unspecified atom stereocenters. The second-order valence-corrected chi connectivity index (χ2v) is 3.50. The lowest BCUT2D eigenvalue weighted by Crippen LogP contribution is -2.33. The van der Waals surface area contributed by atoms with Crippen molar-refractivity contribution >= 4 is 0 Å². The third-order valence-corrected chi connectivity index (χ3v) is 2.41. The second-order valence-electron chi connectivity index (χ2n) is 3.50. The Hall–Kier alpha value is -1.02. The Morgan fingerprint density at radius 1 is 1.42 bits per heavy atom. The first-order valence-corrected chi connectivity index (χ1v) is 4.29. The van der Waals surface area contributed by atoms with E-state index < -0.39 is 0 Å². The maximum atomic E-state index is 5.94. The Morgan fingerprint density at radius 2 is 2.25 bits per heavy atom. The van der Waals surface area contributed by atoms with Crippen molar-refractivity contribution < 1.29 is 0 Å². The fourth-order valence-corrected chi connectivity index (χ4v) is 1.82. The quantitative estimate of drug-likeness (QED) is 0.576. The van der Waals surface area contributed by atoms with E-state index in [1.54, 1.807) is 0 Å². The van der Waals surface area contributed by atoms with Gasteiger partial charge in [0.1, 0.15) is 0 Å². The number of hydrogen-bond donors (Lipinski definition) is 1. The Kier molecular flexibility index (Phi) is 1.77. The molecule has 0 saturated heterocycles. The van der Waals surface area contributed by atoms with E-state index in [1.165, 1.54) is 11.1 Å². The minimum Gasteiger partial charge on any atom is -0.401 e. The van der Waals surface area contributed by atoms with Gasteiger partial charge >= 0.3 is 0 Å². The summed E-state index contributed by atoms with van der Waals surface area (Å²) in [4.78, 5) is 2.24. The highest BCUT2D eigenvalue weighted by molar-refractivity contribution is 5.44. The summed E-state index contributed by atoms with van der Waals surface area (Å²) < 4.78 is 0. The van der Waals surface area contributed by atoms with E-state index in [9.17, 15) is 0 Å². The minimum absolute atomic E-state index is 0.917. The molecule has 0 amide bonds. The normalized spacial score (nSPS) is 23.9. The number of allylic oxidation sites excluding steroid dienone is 3. The van der Waals surface area contributed by atoms with Crippen molar-refractivity contribution in [2.45, 2.75) is 6.42 Å². The van der Waals surface area contributed by atoms with E-state index in [0.717, 1.165) is 25.2 Å². The summed E-state index contributed by atoms with van der Waals surface area (Å²) in [5.41, 5.74) is 9.73. The highest BCUT2D eigenvalue weighted by Crippen LogP contribution is 2.25. The van der Waals surface area contributed by atoms with Gasteiger partial charge in [0.15, 0.2) is 0 Å². The first-order chi connectivity index (χ1) is 5.77. The molecular weight excluding hydrogens is 148 g/mol. The van der Waals surface area contributed by atoms with Crippen molar-refractivity contribution in [3.63, 3.8) is 0 Å². The molecule has 0 saturated carbocycles. The van der Waals surface area contributed by atoms with Crippen molar-refractivity contribution in [1.82, 2.24) is 4.90 Å². The molecule has 2 heteroatoms.